The fourth-order valence-electron chi connectivity index (χ4n) is 2.50. The SMILES string of the molecule is Clc1cccc(Cl)c1OC(c1ccccc1)C1CNCCO1. The lowest BCUT2D eigenvalue weighted by Crippen LogP contribution is -2.43. The van der Waals surface area contributed by atoms with Gasteiger partial charge in [0.05, 0.1) is 16.7 Å². The summed E-state index contributed by atoms with van der Waals surface area (Å²) in [5.41, 5.74) is 1.03. The Morgan fingerprint density at radius 3 is 2.41 bits per heavy atom. The summed E-state index contributed by atoms with van der Waals surface area (Å²) in [4.78, 5) is 0. The van der Waals surface area contributed by atoms with Crippen molar-refractivity contribution < 1.29 is 9.47 Å². The maximum absolute atomic E-state index is 6.23. The molecule has 1 heterocycles. The summed E-state index contributed by atoms with van der Waals surface area (Å²) in [5.74, 6) is 0.494. The van der Waals surface area contributed by atoms with E-state index in [1.807, 2.05) is 30.3 Å². The number of para-hydroxylation sites is 1. The molecule has 0 aromatic heterocycles. The molecule has 0 spiro atoms. The molecule has 2 aromatic carbocycles. The monoisotopic (exact) mass is 337 g/mol. The third-order valence-corrected chi connectivity index (χ3v) is 4.18. The van der Waals surface area contributed by atoms with Crippen molar-refractivity contribution in [1.82, 2.24) is 5.32 Å². The normalized spacial score (nSPS) is 19.6. The van der Waals surface area contributed by atoms with Crippen molar-refractivity contribution in [2.45, 2.75) is 12.2 Å². The summed E-state index contributed by atoms with van der Waals surface area (Å²) in [5, 5.41) is 4.32. The van der Waals surface area contributed by atoms with Crippen LogP contribution in [0.5, 0.6) is 5.75 Å². The molecule has 1 saturated heterocycles. The summed E-state index contributed by atoms with van der Waals surface area (Å²) in [6.07, 6.45) is -0.366. The lowest BCUT2D eigenvalue weighted by atomic mass is 10.0. The smallest absolute Gasteiger partial charge is 0.157 e. The van der Waals surface area contributed by atoms with E-state index in [1.165, 1.54) is 0 Å². The Morgan fingerprint density at radius 1 is 1.05 bits per heavy atom. The van der Waals surface area contributed by atoms with Gasteiger partial charge in [-0.1, -0.05) is 59.6 Å². The van der Waals surface area contributed by atoms with Crippen molar-refractivity contribution >= 4 is 23.2 Å². The van der Waals surface area contributed by atoms with Crippen molar-refractivity contribution in [3.8, 4) is 5.75 Å². The van der Waals surface area contributed by atoms with Gasteiger partial charge in [0.15, 0.2) is 11.9 Å². The van der Waals surface area contributed by atoms with Gasteiger partial charge in [0.2, 0.25) is 0 Å². The second-order valence-corrected chi connectivity index (χ2v) is 5.93. The number of hydrogen-bond acceptors (Lipinski definition) is 3. The van der Waals surface area contributed by atoms with Crippen LogP contribution in [0.25, 0.3) is 0 Å². The molecule has 0 amide bonds. The van der Waals surface area contributed by atoms with Crippen molar-refractivity contribution in [3.63, 3.8) is 0 Å². The van der Waals surface area contributed by atoms with E-state index in [9.17, 15) is 0 Å². The number of nitrogens with one attached hydrogen (secondary N) is 1. The number of ether oxygens (including phenoxy) is 2. The molecular formula is C17H17Cl2NO2. The molecule has 0 bridgehead atoms. The van der Waals surface area contributed by atoms with E-state index < -0.39 is 0 Å². The summed E-state index contributed by atoms with van der Waals surface area (Å²) >= 11 is 12.5. The van der Waals surface area contributed by atoms with E-state index >= 15 is 0 Å². The number of hydrogen-bond donors (Lipinski definition) is 1. The van der Waals surface area contributed by atoms with E-state index in [4.69, 9.17) is 32.7 Å². The van der Waals surface area contributed by atoms with Gasteiger partial charge in [-0.2, -0.15) is 0 Å². The van der Waals surface area contributed by atoms with E-state index in [-0.39, 0.29) is 12.2 Å². The standard InChI is InChI=1S/C17H17Cl2NO2/c18-13-7-4-8-14(19)17(13)22-16(12-5-2-1-3-6-12)15-11-20-9-10-21-15/h1-8,15-16,20H,9-11H2. The van der Waals surface area contributed by atoms with E-state index in [1.54, 1.807) is 18.2 Å². The van der Waals surface area contributed by atoms with Gasteiger partial charge >= 0.3 is 0 Å². The summed E-state index contributed by atoms with van der Waals surface area (Å²) in [6, 6.07) is 15.3. The maximum atomic E-state index is 6.23. The van der Waals surface area contributed by atoms with Crippen molar-refractivity contribution in [1.29, 1.82) is 0 Å². The molecule has 0 aliphatic carbocycles. The molecule has 2 unspecified atom stereocenters. The Labute approximate surface area is 140 Å². The average Bonchev–Trinajstić information content (AvgIpc) is 2.56. The number of benzene rings is 2. The number of rotatable bonds is 4. The van der Waals surface area contributed by atoms with Crippen LogP contribution in [0, 0.1) is 0 Å². The Balaban J connectivity index is 1.91. The Kier molecular flexibility index (Phi) is 5.21. The van der Waals surface area contributed by atoms with Crippen LogP contribution in [0.3, 0.4) is 0 Å². The molecule has 1 fully saturated rings. The molecule has 3 nitrogen and oxygen atoms in total. The Morgan fingerprint density at radius 2 is 1.77 bits per heavy atom. The van der Waals surface area contributed by atoms with E-state index in [2.05, 4.69) is 5.32 Å². The molecule has 1 N–H and O–H groups in total. The van der Waals surface area contributed by atoms with Crippen LogP contribution in [-0.2, 0) is 4.74 Å². The zero-order valence-corrected chi connectivity index (χ0v) is 13.5. The second-order valence-electron chi connectivity index (χ2n) is 5.11. The van der Waals surface area contributed by atoms with Crippen LogP contribution in [0.15, 0.2) is 48.5 Å². The minimum absolute atomic E-state index is 0.0940. The van der Waals surface area contributed by atoms with Gasteiger partial charge in [-0.3, -0.25) is 0 Å². The first-order valence-corrected chi connectivity index (χ1v) is 7.99. The number of halogens is 2. The van der Waals surface area contributed by atoms with Gasteiger partial charge in [-0.05, 0) is 17.7 Å². The van der Waals surface area contributed by atoms with Gasteiger partial charge in [0.1, 0.15) is 6.10 Å². The van der Waals surface area contributed by atoms with Crippen LogP contribution in [0.4, 0.5) is 0 Å². The minimum Gasteiger partial charge on any atom is -0.480 e. The van der Waals surface area contributed by atoms with Gasteiger partial charge < -0.3 is 14.8 Å². The second kappa shape index (κ2) is 7.34. The average molecular weight is 338 g/mol. The van der Waals surface area contributed by atoms with Crippen LogP contribution in [0.2, 0.25) is 10.0 Å². The highest BCUT2D eigenvalue weighted by atomic mass is 35.5. The third kappa shape index (κ3) is 3.55. The van der Waals surface area contributed by atoms with Crippen LogP contribution in [0.1, 0.15) is 11.7 Å². The van der Waals surface area contributed by atoms with Crippen molar-refractivity contribution in [3.05, 3.63) is 64.1 Å². The van der Waals surface area contributed by atoms with E-state index in [0.29, 0.717) is 22.4 Å². The molecular weight excluding hydrogens is 321 g/mol. The van der Waals surface area contributed by atoms with Crippen molar-refractivity contribution in [2.75, 3.05) is 19.7 Å². The van der Waals surface area contributed by atoms with Gasteiger partial charge in [-0.15, -0.1) is 0 Å². The largest absolute Gasteiger partial charge is 0.480 e. The lowest BCUT2D eigenvalue weighted by Gasteiger charge is -2.32. The zero-order chi connectivity index (χ0) is 15.4. The molecule has 0 radical (unpaired) electrons. The highest BCUT2D eigenvalue weighted by Gasteiger charge is 2.29. The zero-order valence-electron chi connectivity index (χ0n) is 12.0. The van der Waals surface area contributed by atoms with Crippen LogP contribution < -0.4 is 10.1 Å². The maximum Gasteiger partial charge on any atom is 0.157 e. The van der Waals surface area contributed by atoms with Gasteiger partial charge in [-0.25, -0.2) is 0 Å². The molecule has 1 aliphatic rings. The van der Waals surface area contributed by atoms with Crippen molar-refractivity contribution in [2.24, 2.45) is 0 Å². The quantitative estimate of drug-likeness (QED) is 0.910. The van der Waals surface area contributed by atoms with Crippen LogP contribution >= 0.6 is 23.2 Å². The van der Waals surface area contributed by atoms with E-state index in [0.717, 1.165) is 18.7 Å². The molecule has 2 aromatic rings. The Bertz CT molecular complexity index is 595. The predicted octanol–water partition coefficient (Wildman–Crippen LogP) is 4.10. The summed E-state index contributed by atoms with van der Waals surface area (Å²) in [6.45, 7) is 2.24. The molecule has 116 valence electrons. The molecule has 3 rings (SSSR count). The summed E-state index contributed by atoms with van der Waals surface area (Å²) < 4.78 is 12.0. The topological polar surface area (TPSA) is 30.5 Å². The molecule has 5 heteroatoms. The number of morpholine rings is 1. The molecule has 1 aliphatic heterocycles. The Hall–Kier alpha value is -1.26. The lowest BCUT2D eigenvalue weighted by molar-refractivity contribution is -0.0431. The first-order valence-electron chi connectivity index (χ1n) is 7.23. The van der Waals surface area contributed by atoms with Crippen LogP contribution in [-0.4, -0.2) is 25.8 Å². The predicted molar refractivity (Wildman–Crippen MR) is 88.9 cm³/mol. The molecule has 2 atom stereocenters. The first kappa shape index (κ1) is 15.6. The minimum atomic E-state index is -0.272. The first-order chi connectivity index (χ1) is 10.8. The summed E-state index contributed by atoms with van der Waals surface area (Å²) in [7, 11) is 0. The highest BCUT2D eigenvalue weighted by molar-refractivity contribution is 6.37. The highest BCUT2D eigenvalue weighted by Crippen LogP contribution is 2.37. The molecule has 0 saturated carbocycles. The molecule has 22 heavy (non-hydrogen) atoms. The van der Waals surface area contributed by atoms with Gasteiger partial charge in [0, 0.05) is 13.1 Å². The fourth-order valence-corrected chi connectivity index (χ4v) is 2.99. The fraction of sp³-hybridized carbons (Fsp3) is 0.294. The third-order valence-electron chi connectivity index (χ3n) is 3.59. The van der Waals surface area contributed by atoms with Gasteiger partial charge in [0.25, 0.3) is 0 Å².